The van der Waals surface area contributed by atoms with Crippen LogP contribution in [0.25, 0.3) is 0 Å². The number of carbonyl (C=O) groups is 1. The first-order valence-electron chi connectivity index (χ1n) is 7.25. The average molecular weight is 408 g/mol. The summed E-state index contributed by atoms with van der Waals surface area (Å²) in [7, 11) is 0. The first-order chi connectivity index (χ1) is 10.7. The zero-order valence-corrected chi connectivity index (χ0v) is 15.6. The van der Waals surface area contributed by atoms with Crippen molar-refractivity contribution in [3.05, 3.63) is 27.5 Å². The molecule has 0 spiro atoms. The van der Waals surface area contributed by atoms with Gasteiger partial charge in [0.05, 0.1) is 25.8 Å². The van der Waals surface area contributed by atoms with E-state index in [1.807, 2.05) is 20.8 Å². The zero-order valence-electron chi connectivity index (χ0n) is 13.3. The van der Waals surface area contributed by atoms with Crippen LogP contribution in [-0.4, -0.2) is 52.5 Å². The first kappa shape index (κ1) is 18.4. The van der Waals surface area contributed by atoms with E-state index in [-0.39, 0.29) is 13.2 Å². The van der Waals surface area contributed by atoms with Crippen molar-refractivity contribution in [1.82, 2.24) is 9.88 Å². The number of carbonyl (C=O) groups excluding carboxylic acids is 1. The molecule has 1 saturated heterocycles. The number of halogens is 2. The van der Waals surface area contributed by atoms with Crippen LogP contribution in [0.5, 0.6) is 0 Å². The van der Waals surface area contributed by atoms with Crippen LogP contribution in [0.3, 0.4) is 0 Å². The highest BCUT2D eigenvalue weighted by Gasteiger charge is 2.33. The molecule has 6 nitrogen and oxygen atoms in total. The molecule has 0 saturated carbocycles. The Hall–Kier alpha value is -0.890. The minimum Gasteiger partial charge on any atom is -0.444 e. The smallest absolute Gasteiger partial charge is 0.410 e. The van der Waals surface area contributed by atoms with Gasteiger partial charge in [0.25, 0.3) is 0 Å². The van der Waals surface area contributed by atoms with Gasteiger partial charge in [0.1, 0.15) is 21.5 Å². The second-order valence-electron chi connectivity index (χ2n) is 6.36. The average Bonchev–Trinajstić information content (AvgIpc) is 2.44. The van der Waals surface area contributed by atoms with E-state index in [1.165, 1.54) is 0 Å². The molecule has 1 aliphatic rings. The number of hydrogen-bond acceptors (Lipinski definition) is 5. The lowest BCUT2D eigenvalue weighted by atomic mass is 10.1. The lowest BCUT2D eigenvalue weighted by molar-refractivity contribution is -0.104. The normalized spacial score (nSPS) is 22.1. The summed E-state index contributed by atoms with van der Waals surface area (Å²) < 4.78 is 11.8. The standard InChI is InChI=1S/C15H20BrClN2O4/c1-15(2,3)23-14(21)19-6-10(8-20)22-11(7-19)9-4-12(16)18-13(17)5-9/h4-5,10-11,20H,6-8H2,1-3H3/t10-,11-/m0/s1. The van der Waals surface area contributed by atoms with Gasteiger partial charge < -0.3 is 19.5 Å². The Morgan fingerprint density at radius 2 is 2.22 bits per heavy atom. The summed E-state index contributed by atoms with van der Waals surface area (Å²) in [5.74, 6) is 0. The predicted molar refractivity (Wildman–Crippen MR) is 89.5 cm³/mol. The Bertz CT molecular complexity index is 559. The Balaban J connectivity index is 2.19. The second-order valence-corrected chi connectivity index (χ2v) is 7.56. The lowest BCUT2D eigenvalue weighted by Crippen LogP contribution is -2.49. The highest BCUT2D eigenvalue weighted by Crippen LogP contribution is 2.29. The van der Waals surface area contributed by atoms with Gasteiger partial charge >= 0.3 is 6.09 Å². The number of aliphatic hydroxyl groups is 1. The molecule has 1 aromatic rings. The van der Waals surface area contributed by atoms with E-state index in [0.29, 0.717) is 16.3 Å². The number of aliphatic hydroxyl groups excluding tert-OH is 1. The Labute approximate surface area is 148 Å². The molecule has 0 radical (unpaired) electrons. The van der Waals surface area contributed by atoms with Crippen molar-refractivity contribution in [2.24, 2.45) is 0 Å². The summed E-state index contributed by atoms with van der Waals surface area (Å²) >= 11 is 9.26. The molecule has 2 heterocycles. The highest BCUT2D eigenvalue weighted by atomic mass is 79.9. The molecule has 8 heteroatoms. The molecular formula is C15H20BrClN2O4. The van der Waals surface area contributed by atoms with Crippen molar-refractivity contribution in [2.75, 3.05) is 19.7 Å². The maximum absolute atomic E-state index is 12.3. The van der Waals surface area contributed by atoms with Gasteiger partial charge in [0, 0.05) is 0 Å². The topological polar surface area (TPSA) is 71.9 Å². The summed E-state index contributed by atoms with van der Waals surface area (Å²) in [6.45, 7) is 5.85. The number of ether oxygens (including phenoxy) is 2. The van der Waals surface area contributed by atoms with Crippen molar-refractivity contribution in [2.45, 2.75) is 38.6 Å². The molecule has 128 valence electrons. The molecule has 0 bridgehead atoms. The molecule has 1 aliphatic heterocycles. The summed E-state index contributed by atoms with van der Waals surface area (Å²) in [5.41, 5.74) is 0.200. The summed E-state index contributed by atoms with van der Waals surface area (Å²) in [5, 5.41) is 9.77. The lowest BCUT2D eigenvalue weighted by Gasteiger charge is -2.38. The van der Waals surface area contributed by atoms with E-state index in [9.17, 15) is 9.90 Å². The number of pyridine rings is 1. The minimum atomic E-state index is -0.581. The Morgan fingerprint density at radius 1 is 1.52 bits per heavy atom. The number of rotatable bonds is 2. The van der Waals surface area contributed by atoms with Crippen LogP contribution >= 0.6 is 27.5 Å². The van der Waals surface area contributed by atoms with E-state index >= 15 is 0 Å². The van der Waals surface area contributed by atoms with Gasteiger partial charge in [0.2, 0.25) is 0 Å². The van der Waals surface area contributed by atoms with Gasteiger partial charge in [-0.1, -0.05) is 11.6 Å². The van der Waals surface area contributed by atoms with Crippen molar-refractivity contribution < 1.29 is 19.4 Å². The Kier molecular flexibility index (Phi) is 5.89. The quantitative estimate of drug-likeness (QED) is 0.763. The highest BCUT2D eigenvalue weighted by molar-refractivity contribution is 9.10. The van der Waals surface area contributed by atoms with Gasteiger partial charge in [-0.25, -0.2) is 9.78 Å². The minimum absolute atomic E-state index is 0.185. The molecule has 0 unspecified atom stereocenters. The zero-order chi connectivity index (χ0) is 17.2. The SMILES string of the molecule is CC(C)(C)OC(=O)N1C[C@@H](CO)O[C@H](c2cc(Cl)nc(Br)c2)C1. The summed E-state index contributed by atoms with van der Waals surface area (Å²) in [4.78, 5) is 17.9. The van der Waals surface area contributed by atoms with Crippen molar-refractivity contribution in [3.63, 3.8) is 0 Å². The van der Waals surface area contributed by atoms with Crippen molar-refractivity contribution in [1.29, 1.82) is 0 Å². The van der Waals surface area contributed by atoms with E-state index in [2.05, 4.69) is 20.9 Å². The van der Waals surface area contributed by atoms with Crippen molar-refractivity contribution in [3.8, 4) is 0 Å². The van der Waals surface area contributed by atoms with E-state index in [1.54, 1.807) is 17.0 Å². The van der Waals surface area contributed by atoms with E-state index in [4.69, 9.17) is 21.1 Å². The molecule has 0 aliphatic carbocycles. The van der Waals surface area contributed by atoms with Crippen LogP contribution in [-0.2, 0) is 9.47 Å². The fourth-order valence-corrected chi connectivity index (χ4v) is 3.04. The first-order valence-corrected chi connectivity index (χ1v) is 8.42. The third-order valence-corrected chi connectivity index (χ3v) is 3.78. The molecule has 1 aromatic heterocycles. The Morgan fingerprint density at radius 3 is 2.78 bits per heavy atom. The van der Waals surface area contributed by atoms with E-state index < -0.39 is 23.9 Å². The third kappa shape index (κ3) is 5.31. The molecule has 1 amide bonds. The van der Waals surface area contributed by atoms with Gasteiger partial charge in [-0.2, -0.15) is 0 Å². The number of amides is 1. The fraction of sp³-hybridized carbons (Fsp3) is 0.600. The van der Waals surface area contributed by atoms with Gasteiger partial charge in [0.15, 0.2) is 0 Å². The molecule has 23 heavy (non-hydrogen) atoms. The molecular weight excluding hydrogens is 388 g/mol. The maximum atomic E-state index is 12.3. The molecule has 1 N–H and O–H groups in total. The molecule has 2 rings (SSSR count). The van der Waals surface area contributed by atoms with Gasteiger partial charge in [-0.05, 0) is 54.4 Å². The van der Waals surface area contributed by atoms with Crippen LogP contribution in [0, 0.1) is 0 Å². The maximum Gasteiger partial charge on any atom is 0.410 e. The van der Waals surface area contributed by atoms with Crippen LogP contribution in [0.15, 0.2) is 16.7 Å². The second kappa shape index (κ2) is 7.34. The monoisotopic (exact) mass is 406 g/mol. The van der Waals surface area contributed by atoms with E-state index in [0.717, 1.165) is 5.56 Å². The molecule has 1 fully saturated rings. The largest absolute Gasteiger partial charge is 0.444 e. The van der Waals surface area contributed by atoms with Crippen LogP contribution in [0.2, 0.25) is 5.15 Å². The van der Waals surface area contributed by atoms with Gasteiger partial charge in [-0.3, -0.25) is 0 Å². The van der Waals surface area contributed by atoms with Gasteiger partial charge in [-0.15, -0.1) is 0 Å². The fourth-order valence-electron chi connectivity index (χ4n) is 2.27. The number of hydrogen-bond donors (Lipinski definition) is 1. The van der Waals surface area contributed by atoms with Crippen LogP contribution in [0.1, 0.15) is 32.4 Å². The summed E-state index contributed by atoms with van der Waals surface area (Å²) in [6.07, 6.45) is -1.32. The summed E-state index contributed by atoms with van der Waals surface area (Å²) in [6, 6.07) is 3.47. The number of morpholine rings is 1. The van der Waals surface area contributed by atoms with Crippen LogP contribution < -0.4 is 0 Å². The molecule has 0 aromatic carbocycles. The molecule has 2 atom stereocenters. The predicted octanol–water partition coefficient (Wildman–Crippen LogP) is 3.17. The number of nitrogens with zero attached hydrogens (tertiary/aromatic N) is 2. The number of aromatic nitrogens is 1. The van der Waals surface area contributed by atoms with Crippen molar-refractivity contribution >= 4 is 33.6 Å². The van der Waals surface area contributed by atoms with Crippen LogP contribution in [0.4, 0.5) is 4.79 Å². The third-order valence-electron chi connectivity index (χ3n) is 3.18.